The average Bonchev–Trinajstić information content (AvgIpc) is 3.54. The van der Waals surface area contributed by atoms with Crippen molar-refractivity contribution in [3.05, 3.63) is 75.7 Å². The third-order valence-electron chi connectivity index (χ3n) is 6.80. The Morgan fingerprint density at radius 1 is 1.17 bits per heavy atom. The van der Waals surface area contributed by atoms with E-state index in [1.807, 2.05) is 0 Å². The number of alkyl halides is 3. The molecule has 0 bridgehead atoms. The second kappa shape index (κ2) is 10.9. The molecule has 1 atom stereocenters. The van der Waals surface area contributed by atoms with Gasteiger partial charge in [-0.15, -0.1) is 0 Å². The number of carbonyl (C=O) groups is 1. The molecule has 1 fully saturated rings. The highest BCUT2D eigenvalue weighted by Gasteiger charge is 2.34. The minimum Gasteiger partial charge on any atom is -0.383 e. The maximum Gasteiger partial charge on any atom is 0.417 e. The Morgan fingerprint density at radius 2 is 1.93 bits per heavy atom. The first-order valence-electron chi connectivity index (χ1n) is 12.5. The number of nitrogen functional groups attached to an aromatic ring is 1. The van der Waals surface area contributed by atoms with Crippen LogP contribution in [0.2, 0.25) is 5.02 Å². The van der Waals surface area contributed by atoms with Gasteiger partial charge in [0.05, 0.1) is 28.3 Å². The van der Waals surface area contributed by atoms with E-state index in [0.717, 1.165) is 17.9 Å². The van der Waals surface area contributed by atoms with E-state index in [9.17, 15) is 26.4 Å². The number of hydrogen-bond acceptors (Lipinski definition) is 7. The Hall–Kier alpha value is -4.19. The van der Waals surface area contributed by atoms with E-state index in [0.29, 0.717) is 41.3 Å². The van der Waals surface area contributed by atoms with E-state index in [2.05, 4.69) is 32.2 Å². The quantitative estimate of drug-likeness (QED) is 0.327. The molecule has 10 nitrogen and oxygen atoms in total. The third kappa shape index (κ3) is 5.89. The van der Waals surface area contributed by atoms with Gasteiger partial charge in [-0.3, -0.25) is 4.79 Å². The highest BCUT2D eigenvalue weighted by atomic mass is 35.5. The largest absolute Gasteiger partial charge is 0.417 e. The molecule has 0 unspecified atom stereocenters. The Kier molecular flexibility index (Phi) is 7.61. The fraction of sp³-hybridized carbons (Fsp3) is 0.259. The molecule has 1 aliphatic rings. The van der Waals surface area contributed by atoms with Crippen LogP contribution in [0.25, 0.3) is 11.0 Å². The molecular formula is C27H23ClF3N7O3S. The van der Waals surface area contributed by atoms with Crippen LogP contribution in [0.5, 0.6) is 0 Å². The minimum absolute atomic E-state index is 0.160. The van der Waals surface area contributed by atoms with Crippen LogP contribution in [0.3, 0.4) is 0 Å². The molecule has 0 aliphatic carbocycles. The summed E-state index contributed by atoms with van der Waals surface area (Å²) in [5, 5.41) is 7.11. The number of fused-ring (bicyclic) bond motifs is 1. The van der Waals surface area contributed by atoms with Crippen molar-refractivity contribution in [2.24, 2.45) is 0 Å². The van der Waals surface area contributed by atoms with Crippen molar-refractivity contribution in [1.29, 1.82) is 0 Å². The lowest BCUT2D eigenvalue weighted by Gasteiger charge is -2.13. The van der Waals surface area contributed by atoms with Crippen molar-refractivity contribution in [3.63, 3.8) is 0 Å². The summed E-state index contributed by atoms with van der Waals surface area (Å²) in [4.78, 5) is 21.1. The van der Waals surface area contributed by atoms with Gasteiger partial charge in [-0.05, 0) is 55.2 Å². The van der Waals surface area contributed by atoms with Crippen LogP contribution in [0, 0.1) is 18.8 Å². The summed E-state index contributed by atoms with van der Waals surface area (Å²) in [7, 11) is -3.37. The highest BCUT2D eigenvalue weighted by molar-refractivity contribution is 7.88. The lowest BCUT2D eigenvalue weighted by molar-refractivity contribution is -0.137. The van der Waals surface area contributed by atoms with Gasteiger partial charge in [0.2, 0.25) is 10.0 Å². The zero-order valence-electron chi connectivity index (χ0n) is 22.2. The maximum atomic E-state index is 13.2. The lowest BCUT2D eigenvalue weighted by atomic mass is 10.1. The Morgan fingerprint density at radius 3 is 2.62 bits per heavy atom. The van der Waals surface area contributed by atoms with E-state index in [1.165, 1.54) is 16.7 Å². The number of benzene rings is 2. The van der Waals surface area contributed by atoms with Crippen molar-refractivity contribution in [3.8, 4) is 11.8 Å². The molecule has 15 heteroatoms. The van der Waals surface area contributed by atoms with E-state index >= 15 is 0 Å². The summed E-state index contributed by atoms with van der Waals surface area (Å²) in [6, 6.07) is 7.53. The van der Waals surface area contributed by atoms with E-state index < -0.39 is 32.7 Å². The molecule has 2 aromatic carbocycles. The lowest BCUT2D eigenvalue weighted by Crippen LogP contribution is -2.28. The van der Waals surface area contributed by atoms with E-state index in [1.54, 1.807) is 29.8 Å². The molecule has 3 N–H and O–H groups in total. The summed E-state index contributed by atoms with van der Waals surface area (Å²) >= 11 is 5.66. The molecule has 4 aromatic rings. The number of carbonyl (C=O) groups excluding carboxylic acids is 1. The zero-order valence-corrected chi connectivity index (χ0v) is 23.8. The first kappa shape index (κ1) is 29.3. The molecule has 218 valence electrons. The molecule has 0 saturated carbocycles. The monoisotopic (exact) mass is 617 g/mol. The van der Waals surface area contributed by atoms with Gasteiger partial charge in [-0.2, -0.15) is 22.6 Å². The summed E-state index contributed by atoms with van der Waals surface area (Å²) in [6.45, 7) is 2.37. The second-order valence-corrected chi connectivity index (χ2v) is 12.1. The van der Waals surface area contributed by atoms with Crippen LogP contribution >= 0.6 is 11.6 Å². The molecule has 5 rings (SSSR count). The number of anilines is 2. The van der Waals surface area contributed by atoms with Crippen molar-refractivity contribution in [1.82, 2.24) is 24.1 Å². The van der Waals surface area contributed by atoms with Crippen LogP contribution in [-0.2, 0) is 16.2 Å². The SMILES string of the molecule is Cc1ccc(NC(=O)c2ccc(Cl)c(C(F)(F)F)c2)cc1C#Cc1nn([C@@H]2CCN(S(C)(=O)=O)C2)c2ncnc(N)c12. The number of hydrogen-bond donors (Lipinski definition) is 2. The van der Waals surface area contributed by atoms with Crippen LogP contribution in [0.15, 0.2) is 42.7 Å². The van der Waals surface area contributed by atoms with Crippen molar-refractivity contribution < 1.29 is 26.4 Å². The van der Waals surface area contributed by atoms with Crippen molar-refractivity contribution in [2.45, 2.75) is 25.6 Å². The molecule has 0 spiro atoms. The van der Waals surface area contributed by atoms with Gasteiger partial charge in [0.25, 0.3) is 5.91 Å². The van der Waals surface area contributed by atoms with Crippen molar-refractivity contribution in [2.75, 3.05) is 30.4 Å². The van der Waals surface area contributed by atoms with E-state index in [-0.39, 0.29) is 29.7 Å². The number of sulfonamides is 1. The van der Waals surface area contributed by atoms with E-state index in [4.69, 9.17) is 17.3 Å². The number of halogens is 4. The molecule has 42 heavy (non-hydrogen) atoms. The Balaban J connectivity index is 1.45. The first-order chi connectivity index (χ1) is 19.7. The normalized spacial score (nSPS) is 15.9. The van der Waals surface area contributed by atoms with Crippen LogP contribution in [0.1, 0.15) is 45.2 Å². The molecule has 0 radical (unpaired) electrons. The summed E-state index contributed by atoms with van der Waals surface area (Å²) < 4.78 is 66.7. The molecule has 1 aliphatic heterocycles. The summed E-state index contributed by atoms with van der Waals surface area (Å²) in [6.07, 6.45) is -1.73. The van der Waals surface area contributed by atoms with Gasteiger partial charge < -0.3 is 11.1 Å². The van der Waals surface area contributed by atoms with Crippen molar-refractivity contribution >= 4 is 50.1 Å². The van der Waals surface area contributed by atoms with Crippen LogP contribution < -0.4 is 11.1 Å². The second-order valence-electron chi connectivity index (χ2n) is 9.74. The predicted molar refractivity (Wildman–Crippen MR) is 151 cm³/mol. The summed E-state index contributed by atoms with van der Waals surface area (Å²) in [5.41, 5.74) is 7.12. The number of aryl methyl sites for hydroxylation is 1. The fourth-order valence-electron chi connectivity index (χ4n) is 4.60. The zero-order chi connectivity index (χ0) is 30.4. The van der Waals surface area contributed by atoms with Gasteiger partial charge in [0, 0.05) is 29.9 Å². The maximum absolute atomic E-state index is 13.2. The van der Waals surface area contributed by atoms with Gasteiger partial charge >= 0.3 is 6.18 Å². The molecule has 2 aromatic heterocycles. The Labute approximate surface area is 243 Å². The van der Waals surface area contributed by atoms with Gasteiger partial charge in [-0.25, -0.2) is 23.1 Å². The number of nitrogens with zero attached hydrogens (tertiary/aromatic N) is 5. The predicted octanol–water partition coefficient (Wildman–Crippen LogP) is 4.25. The highest BCUT2D eigenvalue weighted by Crippen LogP contribution is 2.35. The smallest absolute Gasteiger partial charge is 0.383 e. The topological polar surface area (TPSA) is 136 Å². The number of rotatable bonds is 4. The standard InChI is InChI=1S/C27H23ClF3N7O3S/c1-15-3-6-18(35-26(39)17-4-7-21(28)20(12-17)27(29,30)31)11-16(15)5-8-22-23-24(32)33-14-34-25(23)38(36-22)19-9-10-37(13-19)42(2,40)41/h3-4,6-7,11-12,14,19H,9-10,13H2,1-2H3,(H,35,39)(H2,32,33,34)/t19-/m1/s1. The number of nitrogens with one attached hydrogen (secondary N) is 1. The van der Waals surface area contributed by atoms with Crippen LogP contribution in [-0.4, -0.2) is 57.7 Å². The average molecular weight is 618 g/mol. The fourth-order valence-corrected chi connectivity index (χ4v) is 5.70. The third-order valence-corrected chi connectivity index (χ3v) is 8.40. The molecular weight excluding hydrogens is 595 g/mol. The summed E-state index contributed by atoms with van der Waals surface area (Å²) in [5.74, 6) is 5.41. The number of aromatic nitrogens is 4. The number of amides is 1. The Bertz CT molecular complexity index is 1900. The van der Waals surface area contributed by atoms with Crippen LogP contribution in [0.4, 0.5) is 24.7 Å². The first-order valence-corrected chi connectivity index (χ1v) is 14.7. The minimum atomic E-state index is -4.71. The molecule has 3 heterocycles. The number of nitrogens with two attached hydrogens (primary N) is 1. The van der Waals surface area contributed by atoms with Gasteiger partial charge in [-0.1, -0.05) is 23.6 Å². The molecule has 1 amide bonds. The molecule has 1 saturated heterocycles. The van der Waals surface area contributed by atoms with Gasteiger partial charge in [0.1, 0.15) is 17.8 Å². The van der Waals surface area contributed by atoms with Gasteiger partial charge in [0.15, 0.2) is 5.65 Å².